The second kappa shape index (κ2) is 4.93. The SMILES string of the molecule is O=C(O)c1cc(F)c(-c2ccc(Cl)cc2F)cc1F. The van der Waals surface area contributed by atoms with Crippen molar-refractivity contribution in [3.05, 3.63) is 58.4 Å². The molecule has 0 bridgehead atoms. The van der Waals surface area contributed by atoms with Crippen LogP contribution in [0.25, 0.3) is 11.1 Å². The lowest BCUT2D eigenvalue weighted by atomic mass is 10.0. The smallest absolute Gasteiger partial charge is 0.338 e. The molecule has 19 heavy (non-hydrogen) atoms. The van der Waals surface area contributed by atoms with Crippen LogP contribution < -0.4 is 0 Å². The van der Waals surface area contributed by atoms with Crippen LogP contribution in [0, 0.1) is 17.5 Å². The Morgan fingerprint density at radius 2 is 1.58 bits per heavy atom. The van der Waals surface area contributed by atoms with Crippen LogP contribution in [0.1, 0.15) is 10.4 Å². The van der Waals surface area contributed by atoms with Crippen LogP contribution in [0.4, 0.5) is 13.2 Å². The summed E-state index contributed by atoms with van der Waals surface area (Å²) in [6, 6.07) is 4.63. The molecule has 0 fully saturated rings. The topological polar surface area (TPSA) is 37.3 Å². The van der Waals surface area contributed by atoms with Crippen LogP contribution in [0.5, 0.6) is 0 Å². The fourth-order valence-electron chi connectivity index (χ4n) is 1.63. The van der Waals surface area contributed by atoms with E-state index in [1.807, 2.05) is 0 Å². The fraction of sp³-hybridized carbons (Fsp3) is 0. The van der Waals surface area contributed by atoms with E-state index >= 15 is 0 Å². The van der Waals surface area contributed by atoms with Crippen LogP contribution in [-0.2, 0) is 0 Å². The second-order valence-corrected chi connectivity index (χ2v) is 4.18. The molecular formula is C13H6ClF3O2. The Morgan fingerprint density at radius 1 is 0.947 bits per heavy atom. The van der Waals surface area contributed by atoms with Gasteiger partial charge in [-0.3, -0.25) is 0 Å². The first-order valence-corrected chi connectivity index (χ1v) is 5.45. The minimum Gasteiger partial charge on any atom is -0.478 e. The summed E-state index contributed by atoms with van der Waals surface area (Å²) in [6.07, 6.45) is 0. The predicted molar refractivity (Wildman–Crippen MR) is 63.7 cm³/mol. The summed E-state index contributed by atoms with van der Waals surface area (Å²) in [4.78, 5) is 10.6. The molecule has 1 N–H and O–H groups in total. The second-order valence-electron chi connectivity index (χ2n) is 3.74. The number of rotatable bonds is 2. The summed E-state index contributed by atoms with van der Waals surface area (Å²) in [5.74, 6) is -4.59. The molecule has 0 saturated carbocycles. The molecule has 0 aliphatic carbocycles. The number of carbonyl (C=O) groups is 1. The number of benzene rings is 2. The molecule has 2 rings (SSSR count). The maximum absolute atomic E-state index is 13.7. The van der Waals surface area contributed by atoms with Gasteiger partial charge < -0.3 is 5.11 Å². The highest BCUT2D eigenvalue weighted by Gasteiger charge is 2.18. The standard InChI is InChI=1S/C13H6ClF3O2/c14-6-1-2-7(10(15)3-6)8-4-12(17)9(13(18)19)5-11(8)16/h1-5H,(H,18,19). The van der Waals surface area contributed by atoms with E-state index < -0.39 is 29.0 Å². The van der Waals surface area contributed by atoms with Crippen molar-refractivity contribution in [2.24, 2.45) is 0 Å². The molecule has 0 amide bonds. The summed E-state index contributed by atoms with van der Waals surface area (Å²) >= 11 is 5.56. The molecule has 0 aliphatic rings. The Kier molecular flexibility index (Phi) is 3.48. The van der Waals surface area contributed by atoms with Gasteiger partial charge in [-0.05, 0) is 30.3 Å². The number of hydrogen-bond acceptors (Lipinski definition) is 1. The Balaban J connectivity index is 2.63. The van der Waals surface area contributed by atoms with E-state index in [1.54, 1.807) is 0 Å². The van der Waals surface area contributed by atoms with Crippen molar-refractivity contribution in [3.8, 4) is 11.1 Å². The third-order valence-electron chi connectivity index (χ3n) is 2.51. The van der Waals surface area contributed by atoms with Crippen molar-refractivity contribution in [3.63, 3.8) is 0 Å². The lowest BCUT2D eigenvalue weighted by Crippen LogP contribution is -2.03. The molecule has 0 spiro atoms. The van der Waals surface area contributed by atoms with Gasteiger partial charge in [0.25, 0.3) is 0 Å². The van der Waals surface area contributed by atoms with Gasteiger partial charge in [-0.1, -0.05) is 11.6 Å². The van der Waals surface area contributed by atoms with E-state index in [2.05, 4.69) is 0 Å². The summed E-state index contributed by atoms with van der Waals surface area (Å²) in [6.45, 7) is 0. The van der Waals surface area contributed by atoms with E-state index in [4.69, 9.17) is 16.7 Å². The monoisotopic (exact) mass is 286 g/mol. The molecule has 2 aromatic rings. The molecule has 0 heterocycles. The molecule has 0 saturated heterocycles. The number of aromatic carboxylic acids is 1. The zero-order chi connectivity index (χ0) is 14.2. The zero-order valence-electron chi connectivity index (χ0n) is 9.25. The molecule has 0 unspecified atom stereocenters. The van der Waals surface area contributed by atoms with Crippen molar-refractivity contribution >= 4 is 17.6 Å². The Hall–Kier alpha value is -2.01. The fourth-order valence-corrected chi connectivity index (χ4v) is 1.78. The summed E-state index contributed by atoms with van der Waals surface area (Å²) in [7, 11) is 0. The third-order valence-corrected chi connectivity index (χ3v) is 2.74. The molecule has 0 radical (unpaired) electrons. The molecular weight excluding hydrogens is 281 g/mol. The molecule has 0 atom stereocenters. The number of carboxylic acids is 1. The van der Waals surface area contributed by atoms with Gasteiger partial charge in [-0.25, -0.2) is 18.0 Å². The number of carboxylic acid groups (broad SMARTS) is 1. The van der Waals surface area contributed by atoms with Gasteiger partial charge in [0.1, 0.15) is 17.5 Å². The summed E-state index contributed by atoms with van der Waals surface area (Å²) in [5.41, 5.74) is -1.37. The van der Waals surface area contributed by atoms with Crippen molar-refractivity contribution in [1.82, 2.24) is 0 Å². The van der Waals surface area contributed by atoms with Crippen LogP contribution in [0.3, 0.4) is 0 Å². The number of hydrogen-bond donors (Lipinski definition) is 1. The van der Waals surface area contributed by atoms with E-state index in [9.17, 15) is 18.0 Å². The van der Waals surface area contributed by atoms with E-state index in [1.165, 1.54) is 12.1 Å². The van der Waals surface area contributed by atoms with Gasteiger partial charge in [0.05, 0.1) is 5.56 Å². The summed E-state index contributed by atoms with van der Waals surface area (Å²) < 4.78 is 40.8. The molecule has 2 aromatic carbocycles. The third kappa shape index (κ3) is 2.56. The highest BCUT2D eigenvalue weighted by molar-refractivity contribution is 6.30. The maximum Gasteiger partial charge on any atom is 0.338 e. The first kappa shape index (κ1) is 13.4. The first-order chi connectivity index (χ1) is 8.90. The molecule has 0 aromatic heterocycles. The average molecular weight is 287 g/mol. The number of halogens is 4. The van der Waals surface area contributed by atoms with E-state index in [0.29, 0.717) is 12.1 Å². The van der Waals surface area contributed by atoms with Gasteiger partial charge in [0, 0.05) is 16.1 Å². The lowest BCUT2D eigenvalue weighted by Gasteiger charge is -2.07. The van der Waals surface area contributed by atoms with Crippen molar-refractivity contribution in [1.29, 1.82) is 0 Å². The van der Waals surface area contributed by atoms with E-state index in [-0.39, 0.29) is 16.1 Å². The predicted octanol–water partition coefficient (Wildman–Crippen LogP) is 4.12. The highest BCUT2D eigenvalue weighted by atomic mass is 35.5. The van der Waals surface area contributed by atoms with Crippen molar-refractivity contribution in [2.75, 3.05) is 0 Å². The van der Waals surface area contributed by atoms with Crippen molar-refractivity contribution < 1.29 is 23.1 Å². The Bertz CT molecular complexity index is 671. The molecule has 2 nitrogen and oxygen atoms in total. The minimum atomic E-state index is -1.60. The maximum atomic E-state index is 13.7. The van der Waals surface area contributed by atoms with Gasteiger partial charge in [-0.15, -0.1) is 0 Å². The Labute approximate surface area is 111 Å². The van der Waals surface area contributed by atoms with Gasteiger partial charge in [-0.2, -0.15) is 0 Å². The molecule has 98 valence electrons. The van der Waals surface area contributed by atoms with Crippen LogP contribution in [0.15, 0.2) is 30.3 Å². The lowest BCUT2D eigenvalue weighted by molar-refractivity contribution is 0.0691. The first-order valence-electron chi connectivity index (χ1n) is 5.08. The van der Waals surface area contributed by atoms with Crippen LogP contribution in [-0.4, -0.2) is 11.1 Å². The minimum absolute atomic E-state index is 0.115. The Morgan fingerprint density at radius 3 is 2.16 bits per heavy atom. The largest absolute Gasteiger partial charge is 0.478 e. The zero-order valence-corrected chi connectivity index (χ0v) is 10.0. The van der Waals surface area contributed by atoms with Gasteiger partial charge in [0.15, 0.2) is 0 Å². The summed E-state index contributed by atoms with van der Waals surface area (Å²) in [5, 5.41) is 8.76. The van der Waals surface area contributed by atoms with Gasteiger partial charge >= 0.3 is 5.97 Å². The van der Waals surface area contributed by atoms with Crippen LogP contribution in [0.2, 0.25) is 5.02 Å². The van der Waals surface area contributed by atoms with Gasteiger partial charge in [0.2, 0.25) is 0 Å². The average Bonchev–Trinajstić information content (AvgIpc) is 2.32. The molecule has 6 heteroatoms. The quantitative estimate of drug-likeness (QED) is 0.901. The van der Waals surface area contributed by atoms with Crippen molar-refractivity contribution in [2.45, 2.75) is 0 Å². The van der Waals surface area contributed by atoms with Crippen LogP contribution >= 0.6 is 11.6 Å². The normalized spacial score (nSPS) is 10.5. The highest BCUT2D eigenvalue weighted by Crippen LogP contribution is 2.29. The van der Waals surface area contributed by atoms with E-state index in [0.717, 1.165) is 6.07 Å². The molecule has 0 aliphatic heterocycles.